The normalized spacial score (nSPS) is 15.8. The zero-order valence-corrected chi connectivity index (χ0v) is 17.2. The fourth-order valence-electron chi connectivity index (χ4n) is 3.33. The van der Waals surface area contributed by atoms with E-state index in [2.05, 4.69) is 0 Å². The highest BCUT2D eigenvalue weighted by Crippen LogP contribution is 2.43. The number of esters is 1. The van der Waals surface area contributed by atoms with E-state index in [0.29, 0.717) is 5.56 Å². The fraction of sp³-hybridized carbons (Fsp3) is 0.217. The van der Waals surface area contributed by atoms with Crippen LogP contribution in [0.5, 0.6) is 5.75 Å². The molecule has 2 aromatic rings. The molecule has 1 aliphatic rings. The van der Waals surface area contributed by atoms with Crippen molar-refractivity contribution in [3.63, 3.8) is 0 Å². The lowest BCUT2D eigenvalue weighted by atomic mass is 9.82. The molecule has 6 nitrogen and oxygen atoms in total. The van der Waals surface area contributed by atoms with Crippen LogP contribution in [0.2, 0.25) is 0 Å². The Bertz CT molecular complexity index is 1170. The highest BCUT2D eigenvalue weighted by atomic mass is 19.2. The first-order valence-electron chi connectivity index (χ1n) is 9.58. The van der Waals surface area contributed by atoms with E-state index in [-0.39, 0.29) is 47.3 Å². The summed E-state index contributed by atoms with van der Waals surface area (Å²) in [5.74, 6) is -4.59. The maximum atomic E-state index is 14.0. The third-order valence-corrected chi connectivity index (χ3v) is 4.77. The van der Waals surface area contributed by atoms with Crippen LogP contribution in [0.25, 0.3) is 0 Å². The van der Waals surface area contributed by atoms with Gasteiger partial charge in [-0.2, -0.15) is 5.26 Å². The van der Waals surface area contributed by atoms with E-state index >= 15 is 0 Å². The number of ether oxygens (including phenoxy) is 3. The van der Waals surface area contributed by atoms with Crippen LogP contribution in [-0.2, 0) is 20.9 Å². The SMILES string of the molecule is CCOC(=O)C1=C(C)OC(N)=C(C#N)C1c1ccc(F)cc1OCc1ccc(F)c(F)c1. The third-order valence-electron chi connectivity index (χ3n) is 4.77. The molecule has 0 saturated heterocycles. The van der Waals surface area contributed by atoms with Crippen molar-refractivity contribution in [3.05, 3.63) is 87.8 Å². The standard InChI is InChI=1S/C23H19F3N2O4/c1-3-30-23(29)20-12(2)32-22(28)16(10-27)21(20)15-6-5-14(24)9-19(15)31-11-13-4-7-17(25)18(26)8-13/h4-9,21H,3,11,28H2,1-2H3. The molecule has 2 N–H and O–H groups in total. The van der Waals surface area contributed by atoms with Crippen LogP contribution in [-0.4, -0.2) is 12.6 Å². The second-order valence-electron chi connectivity index (χ2n) is 6.83. The minimum atomic E-state index is -1.05. The highest BCUT2D eigenvalue weighted by molar-refractivity contribution is 5.92. The van der Waals surface area contributed by atoms with Gasteiger partial charge in [0.25, 0.3) is 0 Å². The van der Waals surface area contributed by atoms with Crippen LogP contribution in [0.3, 0.4) is 0 Å². The Hall–Kier alpha value is -3.93. The molecule has 1 heterocycles. The van der Waals surface area contributed by atoms with E-state index in [0.717, 1.165) is 24.3 Å². The Kier molecular flexibility index (Phi) is 6.73. The summed E-state index contributed by atoms with van der Waals surface area (Å²) in [7, 11) is 0. The molecule has 32 heavy (non-hydrogen) atoms. The van der Waals surface area contributed by atoms with Crippen molar-refractivity contribution in [1.82, 2.24) is 0 Å². The van der Waals surface area contributed by atoms with Crippen LogP contribution in [0.15, 0.2) is 59.2 Å². The van der Waals surface area contributed by atoms with Crippen LogP contribution >= 0.6 is 0 Å². The molecule has 166 valence electrons. The second-order valence-corrected chi connectivity index (χ2v) is 6.83. The van der Waals surface area contributed by atoms with E-state index in [1.54, 1.807) is 6.92 Å². The Morgan fingerprint density at radius 3 is 2.59 bits per heavy atom. The summed E-state index contributed by atoms with van der Waals surface area (Å²) in [5.41, 5.74) is 6.35. The highest BCUT2D eigenvalue weighted by Gasteiger charge is 2.38. The molecule has 0 aromatic heterocycles. The molecule has 0 aliphatic carbocycles. The van der Waals surface area contributed by atoms with Crippen molar-refractivity contribution in [1.29, 1.82) is 5.26 Å². The van der Waals surface area contributed by atoms with Crippen LogP contribution in [0.4, 0.5) is 13.2 Å². The second kappa shape index (κ2) is 9.47. The van der Waals surface area contributed by atoms with Gasteiger partial charge in [0.2, 0.25) is 5.88 Å². The van der Waals surface area contributed by atoms with Crippen LogP contribution in [0, 0.1) is 28.8 Å². The van der Waals surface area contributed by atoms with Crippen molar-refractivity contribution in [2.75, 3.05) is 6.61 Å². The predicted octanol–water partition coefficient (Wildman–Crippen LogP) is 4.33. The van der Waals surface area contributed by atoms with Gasteiger partial charge in [0, 0.05) is 11.6 Å². The minimum Gasteiger partial charge on any atom is -0.488 e. The summed E-state index contributed by atoms with van der Waals surface area (Å²) in [5, 5.41) is 9.68. The molecule has 0 amide bonds. The van der Waals surface area contributed by atoms with E-state index in [1.807, 2.05) is 6.07 Å². The number of carbonyl (C=O) groups is 1. The summed E-state index contributed by atoms with van der Waals surface area (Å²) in [6.45, 7) is 2.96. The lowest BCUT2D eigenvalue weighted by Gasteiger charge is -2.28. The molecule has 0 fully saturated rings. The number of nitriles is 1. The topological polar surface area (TPSA) is 94.6 Å². The number of hydrogen-bond donors (Lipinski definition) is 1. The molecular weight excluding hydrogens is 425 g/mol. The Balaban J connectivity index is 2.07. The zero-order chi connectivity index (χ0) is 23.4. The van der Waals surface area contributed by atoms with Gasteiger partial charge in [-0.05, 0) is 37.6 Å². The quantitative estimate of drug-likeness (QED) is 0.667. The van der Waals surface area contributed by atoms with Crippen molar-refractivity contribution in [2.45, 2.75) is 26.4 Å². The Morgan fingerprint density at radius 2 is 1.94 bits per heavy atom. The van der Waals surface area contributed by atoms with Gasteiger partial charge in [-0.25, -0.2) is 18.0 Å². The minimum absolute atomic E-state index is 0.0156. The summed E-state index contributed by atoms with van der Waals surface area (Å²) in [6, 6.07) is 8.69. The summed E-state index contributed by atoms with van der Waals surface area (Å²) in [4.78, 5) is 12.7. The fourth-order valence-corrected chi connectivity index (χ4v) is 3.33. The first-order chi connectivity index (χ1) is 15.3. The van der Waals surface area contributed by atoms with Crippen molar-refractivity contribution < 1.29 is 32.2 Å². The number of allylic oxidation sites excluding steroid dienone is 2. The van der Waals surface area contributed by atoms with Gasteiger partial charge in [-0.15, -0.1) is 0 Å². The lowest BCUT2D eigenvalue weighted by Crippen LogP contribution is -2.26. The molecule has 1 aliphatic heterocycles. The van der Waals surface area contributed by atoms with Crippen LogP contribution < -0.4 is 10.5 Å². The van der Waals surface area contributed by atoms with E-state index < -0.39 is 29.3 Å². The first-order valence-corrected chi connectivity index (χ1v) is 9.58. The maximum absolute atomic E-state index is 14.0. The smallest absolute Gasteiger partial charge is 0.338 e. The molecule has 3 rings (SSSR count). The summed E-state index contributed by atoms with van der Waals surface area (Å²) >= 11 is 0. The van der Waals surface area contributed by atoms with Gasteiger partial charge >= 0.3 is 5.97 Å². The summed E-state index contributed by atoms with van der Waals surface area (Å²) in [6.07, 6.45) is 0. The molecule has 0 spiro atoms. The van der Waals surface area contributed by atoms with Crippen molar-refractivity contribution in [2.24, 2.45) is 5.73 Å². The number of halogens is 3. The van der Waals surface area contributed by atoms with Gasteiger partial charge < -0.3 is 19.9 Å². The number of benzene rings is 2. The van der Waals surface area contributed by atoms with Gasteiger partial charge in [0.1, 0.15) is 35.6 Å². The number of hydrogen-bond acceptors (Lipinski definition) is 6. The number of nitrogens with zero attached hydrogens (tertiary/aromatic N) is 1. The molecule has 1 atom stereocenters. The summed E-state index contributed by atoms with van der Waals surface area (Å²) < 4.78 is 56.9. The molecule has 2 aromatic carbocycles. The van der Waals surface area contributed by atoms with Gasteiger partial charge in [-0.3, -0.25) is 0 Å². The first kappa shape index (κ1) is 22.7. The van der Waals surface area contributed by atoms with Crippen LogP contribution in [0.1, 0.15) is 30.9 Å². The molecule has 0 bridgehead atoms. The number of rotatable bonds is 6. The number of nitrogens with two attached hydrogens (primary N) is 1. The van der Waals surface area contributed by atoms with Crippen molar-refractivity contribution >= 4 is 5.97 Å². The molecule has 9 heteroatoms. The largest absolute Gasteiger partial charge is 0.488 e. The Morgan fingerprint density at radius 1 is 1.19 bits per heavy atom. The molecule has 0 saturated carbocycles. The molecule has 1 unspecified atom stereocenters. The maximum Gasteiger partial charge on any atom is 0.338 e. The zero-order valence-electron chi connectivity index (χ0n) is 17.2. The third kappa shape index (κ3) is 4.54. The molecule has 0 radical (unpaired) electrons. The average Bonchev–Trinajstić information content (AvgIpc) is 2.74. The predicted molar refractivity (Wildman–Crippen MR) is 107 cm³/mol. The van der Waals surface area contributed by atoms with E-state index in [9.17, 15) is 23.2 Å². The van der Waals surface area contributed by atoms with Gasteiger partial charge in [0.15, 0.2) is 11.6 Å². The number of carbonyl (C=O) groups excluding carboxylic acids is 1. The molecular formula is C23H19F3N2O4. The van der Waals surface area contributed by atoms with Crippen molar-refractivity contribution in [3.8, 4) is 11.8 Å². The van der Waals surface area contributed by atoms with Gasteiger partial charge in [0.05, 0.1) is 18.1 Å². The monoisotopic (exact) mass is 444 g/mol. The van der Waals surface area contributed by atoms with E-state index in [4.69, 9.17) is 19.9 Å². The lowest BCUT2D eigenvalue weighted by molar-refractivity contribution is -0.139. The Labute approximate surface area is 182 Å². The van der Waals surface area contributed by atoms with Gasteiger partial charge in [-0.1, -0.05) is 12.1 Å². The van der Waals surface area contributed by atoms with E-state index in [1.165, 1.54) is 19.1 Å². The average molecular weight is 444 g/mol.